The SMILES string of the molecule is CCCCn1c(C)cc(C)c(C(C)=O)c1=O. The topological polar surface area (TPSA) is 39.1 Å². The van der Waals surface area contributed by atoms with Crippen molar-refractivity contribution in [1.82, 2.24) is 4.57 Å². The normalized spacial score (nSPS) is 10.5. The van der Waals surface area contributed by atoms with Crippen molar-refractivity contribution in [3.05, 3.63) is 33.2 Å². The number of ketones is 1. The van der Waals surface area contributed by atoms with E-state index in [2.05, 4.69) is 6.92 Å². The molecule has 1 aromatic heterocycles. The van der Waals surface area contributed by atoms with Crippen LogP contribution in [0.25, 0.3) is 0 Å². The maximum atomic E-state index is 12.1. The molecule has 0 radical (unpaired) electrons. The van der Waals surface area contributed by atoms with Crippen LogP contribution >= 0.6 is 0 Å². The molecule has 0 amide bonds. The molecule has 0 aliphatic rings. The lowest BCUT2D eigenvalue weighted by atomic mass is 10.1. The molecule has 0 aliphatic carbocycles. The predicted molar refractivity (Wildman–Crippen MR) is 65.1 cm³/mol. The van der Waals surface area contributed by atoms with Crippen LogP contribution in [0.2, 0.25) is 0 Å². The van der Waals surface area contributed by atoms with Gasteiger partial charge in [-0.25, -0.2) is 0 Å². The van der Waals surface area contributed by atoms with Crippen LogP contribution in [0.1, 0.15) is 48.3 Å². The quantitative estimate of drug-likeness (QED) is 0.733. The van der Waals surface area contributed by atoms with Gasteiger partial charge in [-0.2, -0.15) is 0 Å². The van der Waals surface area contributed by atoms with Crippen molar-refractivity contribution in [2.75, 3.05) is 0 Å². The first-order valence-electron chi connectivity index (χ1n) is 5.71. The average molecular weight is 221 g/mol. The van der Waals surface area contributed by atoms with Gasteiger partial charge < -0.3 is 4.57 Å². The van der Waals surface area contributed by atoms with Crippen LogP contribution in [0, 0.1) is 13.8 Å². The minimum atomic E-state index is -0.146. The van der Waals surface area contributed by atoms with Crippen molar-refractivity contribution in [3.63, 3.8) is 0 Å². The predicted octanol–water partition coefficient (Wildman–Crippen LogP) is 2.47. The third kappa shape index (κ3) is 2.40. The van der Waals surface area contributed by atoms with Crippen LogP contribution in [-0.4, -0.2) is 10.4 Å². The Morgan fingerprint density at radius 2 is 2.00 bits per heavy atom. The first-order valence-corrected chi connectivity index (χ1v) is 5.71. The van der Waals surface area contributed by atoms with E-state index in [0.29, 0.717) is 12.1 Å². The van der Waals surface area contributed by atoms with Crippen molar-refractivity contribution in [2.45, 2.75) is 47.1 Å². The summed E-state index contributed by atoms with van der Waals surface area (Å²) < 4.78 is 1.70. The van der Waals surface area contributed by atoms with Gasteiger partial charge in [0.15, 0.2) is 5.78 Å². The lowest BCUT2D eigenvalue weighted by Crippen LogP contribution is -2.28. The molecule has 0 N–H and O–H groups in total. The van der Waals surface area contributed by atoms with E-state index in [1.807, 2.05) is 19.9 Å². The molecule has 0 atom stereocenters. The Labute approximate surface area is 96.1 Å². The molecule has 0 aliphatic heterocycles. The number of aromatic nitrogens is 1. The van der Waals surface area contributed by atoms with E-state index in [1.54, 1.807) is 4.57 Å². The second kappa shape index (κ2) is 5.10. The standard InChI is InChI=1S/C13H19NO2/c1-5-6-7-14-10(3)8-9(2)12(11(4)15)13(14)16/h8H,5-7H2,1-4H3. The van der Waals surface area contributed by atoms with E-state index in [9.17, 15) is 9.59 Å². The lowest BCUT2D eigenvalue weighted by Gasteiger charge is -2.12. The average Bonchev–Trinajstić information content (AvgIpc) is 2.16. The highest BCUT2D eigenvalue weighted by Crippen LogP contribution is 2.08. The van der Waals surface area contributed by atoms with Crippen LogP contribution in [0.15, 0.2) is 10.9 Å². The Balaban J connectivity index is 3.34. The number of aryl methyl sites for hydroxylation is 2. The zero-order chi connectivity index (χ0) is 12.3. The highest BCUT2D eigenvalue weighted by molar-refractivity contribution is 5.95. The third-order valence-electron chi connectivity index (χ3n) is 2.79. The second-order valence-electron chi connectivity index (χ2n) is 4.21. The summed E-state index contributed by atoms with van der Waals surface area (Å²) >= 11 is 0. The summed E-state index contributed by atoms with van der Waals surface area (Å²) in [5.41, 5.74) is 1.91. The molecule has 3 heteroatoms. The molecule has 0 spiro atoms. The van der Waals surface area contributed by atoms with Crippen molar-refractivity contribution < 1.29 is 4.79 Å². The number of hydrogen-bond acceptors (Lipinski definition) is 2. The Bertz CT molecular complexity index is 458. The van der Waals surface area contributed by atoms with Gasteiger partial charge in [0.05, 0.1) is 5.56 Å². The number of carbonyl (C=O) groups excluding carboxylic acids is 1. The summed E-state index contributed by atoms with van der Waals surface area (Å²) in [5.74, 6) is -0.146. The molecule has 3 nitrogen and oxygen atoms in total. The van der Waals surface area contributed by atoms with E-state index in [0.717, 1.165) is 24.1 Å². The minimum absolute atomic E-state index is 0.140. The first-order chi connectivity index (χ1) is 7.49. The Kier molecular flexibility index (Phi) is 4.05. The summed E-state index contributed by atoms with van der Waals surface area (Å²) in [7, 11) is 0. The number of pyridine rings is 1. The summed E-state index contributed by atoms with van der Waals surface area (Å²) in [6.07, 6.45) is 2.00. The summed E-state index contributed by atoms with van der Waals surface area (Å²) in [4.78, 5) is 23.5. The van der Waals surface area contributed by atoms with E-state index >= 15 is 0 Å². The number of nitrogens with zero attached hydrogens (tertiary/aromatic N) is 1. The van der Waals surface area contributed by atoms with Gasteiger partial charge in [0, 0.05) is 12.2 Å². The molecule has 1 aromatic rings. The number of Topliss-reactive ketones (excluding diaryl/α,β-unsaturated/α-hetero) is 1. The smallest absolute Gasteiger partial charge is 0.261 e. The largest absolute Gasteiger partial charge is 0.312 e. The minimum Gasteiger partial charge on any atom is -0.312 e. The van der Waals surface area contributed by atoms with Gasteiger partial charge in [-0.3, -0.25) is 9.59 Å². The molecule has 1 heterocycles. The summed E-state index contributed by atoms with van der Waals surface area (Å²) in [5, 5.41) is 0. The van der Waals surface area contributed by atoms with Crippen LogP contribution in [-0.2, 0) is 6.54 Å². The maximum absolute atomic E-state index is 12.1. The van der Waals surface area contributed by atoms with Crippen molar-refractivity contribution in [2.24, 2.45) is 0 Å². The van der Waals surface area contributed by atoms with Crippen LogP contribution in [0.4, 0.5) is 0 Å². The molecule has 0 aromatic carbocycles. The summed E-state index contributed by atoms with van der Waals surface area (Å²) in [6, 6.07) is 1.91. The van der Waals surface area contributed by atoms with Gasteiger partial charge in [-0.15, -0.1) is 0 Å². The Hall–Kier alpha value is -1.38. The number of carbonyl (C=O) groups is 1. The molecule has 16 heavy (non-hydrogen) atoms. The molecular weight excluding hydrogens is 202 g/mol. The zero-order valence-corrected chi connectivity index (χ0v) is 10.5. The molecule has 1 rings (SSSR count). The van der Waals surface area contributed by atoms with E-state index in [4.69, 9.17) is 0 Å². The van der Waals surface area contributed by atoms with Gasteiger partial charge in [0.25, 0.3) is 5.56 Å². The van der Waals surface area contributed by atoms with Crippen LogP contribution in [0.3, 0.4) is 0 Å². The maximum Gasteiger partial charge on any atom is 0.261 e. The first kappa shape index (κ1) is 12.7. The zero-order valence-electron chi connectivity index (χ0n) is 10.5. The Morgan fingerprint density at radius 3 is 2.50 bits per heavy atom. The molecule has 0 unspecified atom stereocenters. The van der Waals surface area contributed by atoms with Gasteiger partial charge >= 0.3 is 0 Å². The van der Waals surface area contributed by atoms with Gasteiger partial charge in [-0.1, -0.05) is 13.3 Å². The summed E-state index contributed by atoms with van der Waals surface area (Å²) in [6.45, 7) is 7.95. The molecular formula is C13H19NO2. The third-order valence-corrected chi connectivity index (χ3v) is 2.79. The van der Waals surface area contributed by atoms with E-state index in [-0.39, 0.29) is 11.3 Å². The number of rotatable bonds is 4. The fraction of sp³-hybridized carbons (Fsp3) is 0.538. The Morgan fingerprint density at radius 1 is 1.38 bits per heavy atom. The lowest BCUT2D eigenvalue weighted by molar-refractivity contribution is 0.101. The molecule has 0 fully saturated rings. The molecule has 0 saturated carbocycles. The van der Waals surface area contributed by atoms with Crippen molar-refractivity contribution in [1.29, 1.82) is 0 Å². The fourth-order valence-corrected chi connectivity index (χ4v) is 1.95. The highest BCUT2D eigenvalue weighted by Gasteiger charge is 2.13. The van der Waals surface area contributed by atoms with Gasteiger partial charge in [0.1, 0.15) is 0 Å². The fourth-order valence-electron chi connectivity index (χ4n) is 1.95. The van der Waals surface area contributed by atoms with Crippen molar-refractivity contribution >= 4 is 5.78 Å². The molecule has 88 valence electrons. The number of unbranched alkanes of at least 4 members (excludes halogenated alkanes) is 1. The highest BCUT2D eigenvalue weighted by atomic mass is 16.1. The van der Waals surface area contributed by atoms with Crippen LogP contribution < -0.4 is 5.56 Å². The van der Waals surface area contributed by atoms with Crippen molar-refractivity contribution in [3.8, 4) is 0 Å². The second-order valence-corrected chi connectivity index (χ2v) is 4.21. The van der Waals surface area contributed by atoms with E-state index < -0.39 is 0 Å². The molecule has 0 saturated heterocycles. The van der Waals surface area contributed by atoms with Gasteiger partial charge in [-0.05, 0) is 38.8 Å². The monoisotopic (exact) mass is 221 g/mol. The number of hydrogen-bond donors (Lipinski definition) is 0. The molecule has 0 bridgehead atoms. The van der Waals surface area contributed by atoms with E-state index in [1.165, 1.54) is 6.92 Å². The van der Waals surface area contributed by atoms with Crippen LogP contribution in [0.5, 0.6) is 0 Å². The van der Waals surface area contributed by atoms with Gasteiger partial charge in [0.2, 0.25) is 0 Å².